The molecule has 0 spiro atoms. The topological polar surface area (TPSA) is 74.8 Å². The van der Waals surface area contributed by atoms with Crippen LogP contribution in [0.5, 0.6) is 0 Å². The van der Waals surface area contributed by atoms with Crippen molar-refractivity contribution in [1.82, 2.24) is 20.6 Å². The van der Waals surface area contributed by atoms with Crippen LogP contribution in [0.15, 0.2) is 48.5 Å². The summed E-state index contributed by atoms with van der Waals surface area (Å²) in [5.74, 6) is 0.580. The SMILES string of the molecule is CCC(=O)N(Cc1cccc(C(C)(C)C)c1)c1cccc(-c2nn[nH]n2)c1. The minimum absolute atomic E-state index is 0.0636. The quantitative estimate of drug-likeness (QED) is 0.740. The number of amides is 1. The Balaban J connectivity index is 1.94. The fraction of sp³-hybridized carbons (Fsp3) is 0.333. The van der Waals surface area contributed by atoms with Gasteiger partial charge in [0.25, 0.3) is 0 Å². The lowest BCUT2D eigenvalue weighted by molar-refractivity contribution is -0.118. The molecule has 1 amide bonds. The molecule has 3 rings (SSSR count). The van der Waals surface area contributed by atoms with Gasteiger partial charge in [-0.3, -0.25) is 4.79 Å². The summed E-state index contributed by atoms with van der Waals surface area (Å²) in [5, 5.41) is 14.1. The number of anilines is 1. The van der Waals surface area contributed by atoms with E-state index in [1.807, 2.05) is 36.1 Å². The Hall–Kier alpha value is -3.02. The molecule has 0 aliphatic rings. The van der Waals surface area contributed by atoms with Crippen molar-refractivity contribution in [3.05, 3.63) is 59.7 Å². The number of carbonyl (C=O) groups is 1. The van der Waals surface area contributed by atoms with Gasteiger partial charge < -0.3 is 4.90 Å². The summed E-state index contributed by atoms with van der Waals surface area (Å²) in [7, 11) is 0. The van der Waals surface area contributed by atoms with Crippen molar-refractivity contribution in [2.24, 2.45) is 0 Å². The van der Waals surface area contributed by atoms with Crippen molar-refractivity contribution < 1.29 is 4.79 Å². The van der Waals surface area contributed by atoms with Crippen molar-refractivity contribution in [1.29, 1.82) is 0 Å². The molecule has 0 radical (unpaired) electrons. The monoisotopic (exact) mass is 363 g/mol. The van der Waals surface area contributed by atoms with Crippen molar-refractivity contribution >= 4 is 11.6 Å². The molecule has 0 bridgehead atoms. The van der Waals surface area contributed by atoms with E-state index in [-0.39, 0.29) is 11.3 Å². The Morgan fingerprint density at radius 3 is 2.56 bits per heavy atom. The van der Waals surface area contributed by atoms with E-state index in [0.717, 1.165) is 16.8 Å². The van der Waals surface area contributed by atoms with Crippen molar-refractivity contribution in [2.75, 3.05) is 4.90 Å². The zero-order valence-electron chi connectivity index (χ0n) is 16.2. The molecular formula is C21H25N5O. The smallest absolute Gasteiger partial charge is 0.227 e. The van der Waals surface area contributed by atoms with Gasteiger partial charge in [-0.2, -0.15) is 5.21 Å². The van der Waals surface area contributed by atoms with Gasteiger partial charge in [-0.1, -0.05) is 64.1 Å². The molecular weight excluding hydrogens is 338 g/mol. The molecule has 0 aliphatic heterocycles. The van der Waals surface area contributed by atoms with E-state index in [1.54, 1.807) is 0 Å². The first-order valence-corrected chi connectivity index (χ1v) is 9.12. The Kier molecular flexibility index (Phi) is 5.35. The number of nitrogens with one attached hydrogen (secondary N) is 1. The molecule has 6 nitrogen and oxygen atoms in total. The van der Waals surface area contributed by atoms with Crippen LogP contribution in [0.3, 0.4) is 0 Å². The van der Waals surface area contributed by atoms with Crippen LogP contribution in [0.1, 0.15) is 45.2 Å². The molecule has 0 fully saturated rings. The van der Waals surface area contributed by atoms with Crippen LogP contribution in [-0.2, 0) is 16.8 Å². The maximum absolute atomic E-state index is 12.7. The second-order valence-electron chi connectivity index (χ2n) is 7.57. The van der Waals surface area contributed by atoms with Gasteiger partial charge in [0, 0.05) is 17.7 Å². The minimum atomic E-state index is 0.0636. The first-order chi connectivity index (χ1) is 12.9. The number of rotatable bonds is 5. The number of nitrogens with zero attached hydrogens (tertiary/aromatic N) is 4. The zero-order chi connectivity index (χ0) is 19.4. The van der Waals surface area contributed by atoms with Gasteiger partial charge in [-0.05, 0) is 33.9 Å². The number of carbonyl (C=O) groups excluding carboxylic acids is 1. The van der Waals surface area contributed by atoms with Gasteiger partial charge in [-0.15, -0.1) is 10.2 Å². The second-order valence-corrected chi connectivity index (χ2v) is 7.57. The van der Waals surface area contributed by atoms with Crippen molar-refractivity contribution in [2.45, 2.75) is 46.1 Å². The number of benzene rings is 2. The predicted octanol–water partition coefficient (Wildman–Crippen LogP) is 4.11. The highest BCUT2D eigenvalue weighted by molar-refractivity contribution is 5.93. The fourth-order valence-corrected chi connectivity index (χ4v) is 2.93. The average molecular weight is 363 g/mol. The summed E-state index contributed by atoms with van der Waals surface area (Å²) in [6.07, 6.45) is 0.436. The standard InChI is InChI=1S/C21H25N5O/c1-5-19(27)26(14-15-8-6-10-17(12-15)21(2,3)4)18-11-7-9-16(13-18)20-22-24-25-23-20/h6-13H,5,14H2,1-4H3,(H,22,23,24,25). The van der Waals surface area contributed by atoms with Crippen molar-refractivity contribution in [3.63, 3.8) is 0 Å². The Morgan fingerprint density at radius 1 is 1.11 bits per heavy atom. The minimum Gasteiger partial charge on any atom is -0.308 e. The number of hydrogen-bond acceptors (Lipinski definition) is 4. The Bertz CT molecular complexity index is 912. The van der Waals surface area contributed by atoms with Gasteiger partial charge in [0.1, 0.15) is 0 Å². The highest BCUT2D eigenvalue weighted by Gasteiger charge is 2.18. The highest BCUT2D eigenvalue weighted by atomic mass is 16.2. The van der Waals surface area contributed by atoms with Gasteiger partial charge in [0.2, 0.25) is 11.7 Å². The largest absolute Gasteiger partial charge is 0.308 e. The Morgan fingerprint density at radius 2 is 1.89 bits per heavy atom. The summed E-state index contributed by atoms with van der Waals surface area (Å²) in [5.41, 5.74) is 4.07. The van der Waals surface area contributed by atoms with E-state index < -0.39 is 0 Å². The summed E-state index contributed by atoms with van der Waals surface area (Å²) >= 11 is 0. The molecule has 0 unspecified atom stereocenters. The molecule has 2 aromatic carbocycles. The highest BCUT2D eigenvalue weighted by Crippen LogP contribution is 2.26. The van der Waals surface area contributed by atoms with Crippen LogP contribution in [0, 0.1) is 0 Å². The van der Waals surface area contributed by atoms with Crippen LogP contribution >= 0.6 is 0 Å². The van der Waals surface area contributed by atoms with E-state index in [1.165, 1.54) is 5.56 Å². The summed E-state index contributed by atoms with van der Waals surface area (Å²) in [4.78, 5) is 14.5. The molecule has 27 heavy (non-hydrogen) atoms. The summed E-state index contributed by atoms with van der Waals surface area (Å²) in [6, 6.07) is 16.1. The fourth-order valence-electron chi connectivity index (χ4n) is 2.93. The number of tetrazole rings is 1. The van der Waals surface area contributed by atoms with Crippen LogP contribution in [0.2, 0.25) is 0 Å². The molecule has 3 aromatic rings. The molecule has 0 saturated heterocycles. The van der Waals surface area contributed by atoms with Crippen LogP contribution in [0.4, 0.5) is 5.69 Å². The van der Waals surface area contributed by atoms with Gasteiger partial charge >= 0.3 is 0 Å². The summed E-state index contributed by atoms with van der Waals surface area (Å²) in [6.45, 7) is 8.97. The first kappa shape index (κ1) is 18.8. The molecule has 1 aromatic heterocycles. The number of aromatic amines is 1. The van der Waals surface area contributed by atoms with Gasteiger partial charge in [-0.25, -0.2) is 0 Å². The predicted molar refractivity (Wildman–Crippen MR) is 106 cm³/mol. The lowest BCUT2D eigenvalue weighted by Gasteiger charge is -2.25. The third kappa shape index (κ3) is 4.39. The van der Waals surface area contributed by atoms with E-state index >= 15 is 0 Å². The third-order valence-electron chi connectivity index (χ3n) is 4.50. The van der Waals surface area contributed by atoms with E-state index in [9.17, 15) is 4.79 Å². The number of aromatic nitrogens is 4. The molecule has 0 saturated carbocycles. The number of hydrogen-bond donors (Lipinski definition) is 1. The van der Waals surface area contributed by atoms with Crippen molar-refractivity contribution in [3.8, 4) is 11.4 Å². The van der Waals surface area contributed by atoms with E-state index in [4.69, 9.17) is 0 Å². The first-order valence-electron chi connectivity index (χ1n) is 9.12. The van der Waals surface area contributed by atoms with Gasteiger partial charge in [0.15, 0.2) is 0 Å². The van der Waals surface area contributed by atoms with E-state index in [2.05, 4.69) is 65.7 Å². The maximum Gasteiger partial charge on any atom is 0.227 e. The van der Waals surface area contributed by atoms with E-state index in [0.29, 0.717) is 18.8 Å². The normalized spacial score (nSPS) is 11.4. The maximum atomic E-state index is 12.7. The summed E-state index contributed by atoms with van der Waals surface area (Å²) < 4.78 is 0. The number of H-pyrrole nitrogens is 1. The van der Waals surface area contributed by atoms with Crippen LogP contribution in [0.25, 0.3) is 11.4 Å². The molecule has 0 atom stereocenters. The van der Waals surface area contributed by atoms with Crippen LogP contribution < -0.4 is 4.90 Å². The van der Waals surface area contributed by atoms with Crippen LogP contribution in [-0.4, -0.2) is 26.5 Å². The third-order valence-corrected chi connectivity index (χ3v) is 4.50. The van der Waals surface area contributed by atoms with Gasteiger partial charge in [0.05, 0.1) is 6.54 Å². The lowest BCUT2D eigenvalue weighted by atomic mass is 9.86. The molecule has 140 valence electrons. The lowest BCUT2D eigenvalue weighted by Crippen LogP contribution is -2.29. The zero-order valence-corrected chi connectivity index (χ0v) is 16.2. The molecule has 1 heterocycles. The molecule has 1 N–H and O–H groups in total. The molecule has 6 heteroatoms. The average Bonchev–Trinajstić information content (AvgIpc) is 3.20. The second kappa shape index (κ2) is 7.70. The molecule has 0 aliphatic carbocycles. The Labute approximate surface area is 159 Å².